The Balaban J connectivity index is 1.64. The van der Waals surface area contributed by atoms with E-state index < -0.39 is 0 Å². The molecule has 3 rings (SSSR count). The minimum absolute atomic E-state index is 0.0727. The van der Waals surface area contributed by atoms with Gasteiger partial charge in [0.2, 0.25) is 11.8 Å². The molecule has 1 N–H and O–H groups in total. The predicted molar refractivity (Wildman–Crippen MR) is 107 cm³/mol. The van der Waals surface area contributed by atoms with E-state index >= 15 is 0 Å². The van der Waals surface area contributed by atoms with Gasteiger partial charge in [0.15, 0.2) is 0 Å². The van der Waals surface area contributed by atoms with Gasteiger partial charge in [0.1, 0.15) is 5.82 Å². The highest BCUT2D eigenvalue weighted by Crippen LogP contribution is 2.26. The standard InChI is InChI=1S/C20H21Cl2N3O2/c1-13-5-3-9-23-19(13)24-20(27)14-6-4-10-25(12-14)18(26)11-15-16(21)7-2-8-17(15)22/h2-3,5,7-9,14H,4,6,10-12H2,1H3,(H,23,24,27). The lowest BCUT2D eigenvalue weighted by molar-refractivity contribution is -0.133. The molecule has 1 aliphatic rings. The van der Waals surface area contributed by atoms with Gasteiger partial charge in [-0.05, 0) is 49.1 Å². The molecule has 142 valence electrons. The number of benzene rings is 1. The van der Waals surface area contributed by atoms with Gasteiger partial charge in [0, 0.05) is 29.3 Å². The molecule has 1 saturated heterocycles. The maximum atomic E-state index is 12.7. The normalized spacial score (nSPS) is 16.9. The first-order valence-corrected chi connectivity index (χ1v) is 9.64. The SMILES string of the molecule is Cc1cccnc1NC(=O)C1CCCN(C(=O)Cc2c(Cl)cccc2Cl)C1. The van der Waals surface area contributed by atoms with Gasteiger partial charge >= 0.3 is 0 Å². The highest BCUT2D eigenvalue weighted by atomic mass is 35.5. The number of anilines is 1. The number of pyridine rings is 1. The molecule has 2 heterocycles. The number of nitrogens with one attached hydrogen (secondary N) is 1. The molecule has 1 aromatic carbocycles. The summed E-state index contributed by atoms with van der Waals surface area (Å²) < 4.78 is 0. The molecule has 1 fully saturated rings. The summed E-state index contributed by atoms with van der Waals surface area (Å²) in [5.41, 5.74) is 1.53. The summed E-state index contributed by atoms with van der Waals surface area (Å²) in [6.07, 6.45) is 3.30. The Hall–Kier alpha value is -2.11. The molecule has 1 unspecified atom stereocenters. The van der Waals surface area contributed by atoms with Crippen LogP contribution in [0.25, 0.3) is 0 Å². The second kappa shape index (κ2) is 8.72. The second-order valence-electron chi connectivity index (χ2n) is 6.71. The van der Waals surface area contributed by atoms with Crippen molar-refractivity contribution in [2.75, 3.05) is 18.4 Å². The lowest BCUT2D eigenvalue weighted by Crippen LogP contribution is -2.44. The maximum Gasteiger partial charge on any atom is 0.230 e. The van der Waals surface area contributed by atoms with Crippen LogP contribution in [0.2, 0.25) is 10.0 Å². The van der Waals surface area contributed by atoms with E-state index in [4.69, 9.17) is 23.2 Å². The summed E-state index contributed by atoms with van der Waals surface area (Å²) in [7, 11) is 0. The van der Waals surface area contributed by atoms with Crippen LogP contribution in [0.5, 0.6) is 0 Å². The molecular formula is C20H21Cl2N3O2. The fourth-order valence-electron chi connectivity index (χ4n) is 3.22. The number of nitrogens with zero attached hydrogens (tertiary/aromatic N) is 2. The van der Waals surface area contributed by atoms with E-state index in [1.165, 1.54) is 0 Å². The summed E-state index contributed by atoms with van der Waals surface area (Å²) in [6, 6.07) is 8.91. The summed E-state index contributed by atoms with van der Waals surface area (Å²) in [5, 5.41) is 3.84. The lowest BCUT2D eigenvalue weighted by atomic mass is 9.96. The molecule has 7 heteroatoms. The highest BCUT2D eigenvalue weighted by Gasteiger charge is 2.29. The Morgan fingerprint density at radius 1 is 1.22 bits per heavy atom. The third-order valence-corrected chi connectivity index (χ3v) is 5.49. The minimum Gasteiger partial charge on any atom is -0.342 e. The number of hydrogen-bond acceptors (Lipinski definition) is 3. The van der Waals surface area contributed by atoms with Gasteiger partial charge in [-0.3, -0.25) is 9.59 Å². The third-order valence-electron chi connectivity index (χ3n) is 4.79. The van der Waals surface area contributed by atoms with E-state index in [9.17, 15) is 9.59 Å². The Morgan fingerprint density at radius 2 is 1.96 bits per heavy atom. The van der Waals surface area contributed by atoms with Gasteiger partial charge in [-0.2, -0.15) is 0 Å². The summed E-state index contributed by atoms with van der Waals surface area (Å²) in [4.78, 5) is 31.3. The summed E-state index contributed by atoms with van der Waals surface area (Å²) >= 11 is 12.3. The number of halogens is 2. The van der Waals surface area contributed by atoms with Gasteiger partial charge < -0.3 is 10.2 Å². The van der Waals surface area contributed by atoms with E-state index in [1.807, 2.05) is 19.1 Å². The van der Waals surface area contributed by atoms with Crippen molar-refractivity contribution < 1.29 is 9.59 Å². The van der Waals surface area contributed by atoms with Crippen LogP contribution < -0.4 is 5.32 Å². The number of aryl methyl sites for hydroxylation is 1. The van der Waals surface area contributed by atoms with Gasteiger partial charge in [0.25, 0.3) is 0 Å². The van der Waals surface area contributed by atoms with E-state index in [-0.39, 0.29) is 24.2 Å². The van der Waals surface area contributed by atoms with Crippen LogP contribution in [0.3, 0.4) is 0 Å². The molecule has 2 amide bonds. The highest BCUT2D eigenvalue weighted by molar-refractivity contribution is 6.36. The van der Waals surface area contributed by atoms with Crippen LogP contribution in [0, 0.1) is 12.8 Å². The molecule has 0 saturated carbocycles. The van der Waals surface area contributed by atoms with Crippen molar-refractivity contribution >= 4 is 40.8 Å². The van der Waals surface area contributed by atoms with E-state index in [2.05, 4.69) is 10.3 Å². The van der Waals surface area contributed by atoms with Crippen molar-refractivity contribution in [2.45, 2.75) is 26.2 Å². The monoisotopic (exact) mass is 405 g/mol. The number of amides is 2. The Bertz CT molecular complexity index is 837. The van der Waals surface area contributed by atoms with E-state index in [0.29, 0.717) is 34.5 Å². The van der Waals surface area contributed by atoms with Gasteiger partial charge in [0.05, 0.1) is 12.3 Å². The van der Waals surface area contributed by atoms with Crippen molar-refractivity contribution in [1.29, 1.82) is 0 Å². The van der Waals surface area contributed by atoms with Gasteiger partial charge in [-0.15, -0.1) is 0 Å². The smallest absolute Gasteiger partial charge is 0.230 e. The molecule has 1 aromatic heterocycles. The van der Waals surface area contributed by atoms with Gasteiger partial charge in [-0.1, -0.05) is 35.3 Å². The number of hydrogen-bond donors (Lipinski definition) is 1. The Kier molecular flexibility index (Phi) is 6.34. The topological polar surface area (TPSA) is 62.3 Å². The van der Waals surface area contributed by atoms with Crippen LogP contribution in [0.1, 0.15) is 24.0 Å². The van der Waals surface area contributed by atoms with E-state index in [1.54, 1.807) is 29.3 Å². The zero-order chi connectivity index (χ0) is 19.4. The molecule has 5 nitrogen and oxygen atoms in total. The zero-order valence-electron chi connectivity index (χ0n) is 15.0. The van der Waals surface area contributed by atoms with Crippen LogP contribution in [0.4, 0.5) is 5.82 Å². The number of aromatic nitrogens is 1. The lowest BCUT2D eigenvalue weighted by Gasteiger charge is -2.32. The van der Waals surface area contributed by atoms with Crippen molar-refractivity contribution in [2.24, 2.45) is 5.92 Å². The molecule has 27 heavy (non-hydrogen) atoms. The number of carbonyl (C=O) groups is 2. The van der Waals surface area contributed by atoms with Crippen molar-refractivity contribution in [1.82, 2.24) is 9.88 Å². The molecule has 1 aliphatic heterocycles. The molecule has 0 radical (unpaired) electrons. The predicted octanol–water partition coefficient (Wildman–Crippen LogP) is 4.12. The fraction of sp³-hybridized carbons (Fsp3) is 0.350. The maximum absolute atomic E-state index is 12.7. The van der Waals surface area contributed by atoms with Gasteiger partial charge in [-0.25, -0.2) is 4.98 Å². The number of piperidine rings is 1. The fourth-order valence-corrected chi connectivity index (χ4v) is 3.75. The van der Waals surface area contributed by atoms with Crippen molar-refractivity contribution in [3.63, 3.8) is 0 Å². The van der Waals surface area contributed by atoms with E-state index in [0.717, 1.165) is 18.4 Å². The minimum atomic E-state index is -0.258. The van der Waals surface area contributed by atoms with Crippen molar-refractivity contribution in [3.05, 3.63) is 57.7 Å². The Morgan fingerprint density at radius 3 is 2.67 bits per heavy atom. The van der Waals surface area contributed by atoms with Crippen LogP contribution in [0.15, 0.2) is 36.5 Å². The number of likely N-dealkylation sites (tertiary alicyclic amines) is 1. The molecule has 1 atom stereocenters. The third kappa shape index (κ3) is 4.79. The second-order valence-corrected chi connectivity index (χ2v) is 7.53. The zero-order valence-corrected chi connectivity index (χ0v) is 16.6. The average Bonchev–Trinajstić information content (AvgIpc) is 2.66. The van der Waals surface area contributed by atoms with Crippen LogP contribution in [-0.2, 0) is 16.0 Å². The Labute approximate surface area is 168 Å². The molecule has 0 bridgehead atoms. The summed E-state index contributed by atoms with van der Waals surface area (Å²) in [6.45, 7) is 2.92. The summed E-state index contributed by atoms with van der Waals surface area (Å²) in [5.74, 6) is 0.126. The molecule has 2 aromatic rings. The number of rotatable bonds is 4. The first kappa shape index (κ1) is 19.6. The number of carbonyl (C=O) groups excluding carboxylic acids is 2. The molecular weight excluding hydrogens is 385 g/mol. The van der Waals surface area contributed by atoms with Crippen LogP contribution in [-0.4, -0.2) is 34.8 Å². The molecule has 0 spiro atoms. The largest absolute Gasteiger partial charge is 0.342 e. The quantitative estimate of drug-likeness (QED) is 0.831. The van der Waals surface area contributed by atoms with Crippen LogP contribution >= 0.6 is 23.2 Å². The average molecular weight is 406 g/mol. The first-order chi connectivity index (χ1) is 13.0. The molecule has 0 aliphatic carbocycles. The first-order valence-electron chi connectivity index (χ1n) is 8.89. The van der Waals surface area contributed by atoms with Crippen molar-refractivity contribution in [3.8, 4) is 0 Å².